The second-order valence-corrected chi connectivity index (χ2v) is 5.73. The first kappa shape index (κ1) is 20.3. The number of carbonyl (C=O) groups excluding carboxylic acids is 2. The molecule has 134 valence electrons. The first-order valence-electron chi connectivity index (χ1n) is 8.10. The maximum absolute atomic E-state index is 11.5. The van der Waals surface area contributed by atoms with E-state index in [1.165, 1.54) is 0 Å². The lowest BCUT2D eigenvalue weighted by molar-refractivity contribution is -0.123. The summed E-state index contributed by atoms with van der Waals surface area (Å²) in [6.45, 7) is 1.36. The molecule has 0 aromatic heterocycles. The van der Waals surface area contributed by atoms with Crippen molar-refractivity contribution in [2.45, 2.75) is 31.7 Å². The van der Waals surface area contributed by atoms with Gasteiger partial charge in [0.05, 0.1) is 0 Å². The molecule has 0 bridgehead atoms. The highest BCUT2D eigenvalue weighted by molar-refractivity contribution is 5.85. The Balaban J connectivity index is 0.00000288. The average Bonchev–Trinajstić information content (AvgIpc) is 3.36. The summed E-state index contributed by atoms with van der Waals surface area (Å²) in [6, 6.07) is 7.96. The number of carbonyl (C=O) groups is 2. The Morgan fingerprint density at radius 2 is 1.83 bits per heavy atom. The van der Waals surface area contributed by atoms with Crippen LogP contribution in [0.4, 0.5) is 0 Å². The molecule has 1 aromatic rings. The zero-order chi connectivity index (χ0) is 16.5. The number of hydrogen-bond donors (Lipinski definition) is 3. The van der Waals surface area contributed by atoms with Crippen molar-refractivity contribution in [1.82, 2.24) is 16.0 Å². The van der Waals surface area contributed by atoms with E-state index >= 15 is 0 Å². The van der Waals surface area contributed by atoms with Gasteiger partial charge in [-0.05, 0) is 44.0 Å². The van der Waals surface area contributed by atoms with E-state index in [1.54, 1.807) is 0 Å². The van der Waals surface area contributed by atoms with Crippen molar-refractivity contribution in [1.29, 1.82) is 0 Å². The fourth-order valence-electron chi connectivity index (χ4n) is 2.07. The number of rotatable bonds is 10. The molecule has 0 saturated heterocycles. The van der Waals surface area contributed by atoms with Crippen LogP contribution in [0.25, 0.3) is 0 Å². The summed E-state index contributed by atoms with van der Waals surface area (Å²) < 4.78 is 5.45. The minimum Gasteiger partial charge on any atom is -0.484 e. The van der Waals surface area contributed by atoms with Crippen molar-refractivity contribution < 1.29 is 14.3 Å². The lowest BCUT2D eigenvalue weighted by Crippen LogP contribution is -2.30. The van der Waals surface area contributed by atoms with Crippen LogP contribution in [-0.2, 0) is 16.0 Å². The predicted octanol–water partition coefficient (Wildman–Crippen LogP) is 1.03. The highest BCUT2D eigenvalue weighted by Gasteiger charge is 2.23. The molecule has 1 aliphatic rings. The summed E-state index contributed by atoms with van der Waals surface area (Å²) in [7, 11) is 1.83. The van der Waals surface area contributed by atoms with E-state index in [4.69, 9.17) is 4.74 Å². The molecule has 0 radical (unpaired) electrons. The third kappa shape index (κ3) is 8.17. The molecule has 2 amide bonds. The third-order valence-electron chi connectivity index (χ3n) is 3.57. The van der Waals surface area contributed by atoms with Crippen LogP contribution in [0.1, 0.15) is 24.8 Å². The maximum atomic E-state index is 11.5. The zero-order valence-electron chi connectivity index (χ0n) is 14.0. The Bertz CT molecular complexity index is 518. The van der Waals surface area contributed by atoms with Crippen molar-refractivity contribution in [2.24, 2.45) is 0 Å². The largest absolute Gasteiger partial charge is 0.484 e. The molecular weight excluding hydrogens is 330 g/mol. The Morgan fingerprint density at radius 3 is 2.46 bits per heavy atom. The van der Waals surface area contributed by atoms with Crippen LogP contribution in [0.5, 0.6) is 5.75 Å². The quantitative estimate of drug-likeness (QED) is 0.586. The van der Waals surface area contributed by atoms with Gasteiger partial charge in [0.15, 0.2) is 6.61 Å². The summed E-state index contributed by atoms with van der Waals surface area (Å²) in [5, 5.41) is 8.70. The van der Waals surface area contributed by atoms with E-state index in [0.717, 1.165) is 24.8 Å². The van der Waals surface area contributed by atoms with Crippen molar-refractivity contribution in [3.8, 4) is 5.75 Å². The summed E-state index contributed by atoms with van der Waals surface area (Å²) in [6.07, 6.45) is 3.41. The Morgan fingerprint density at radius 1 is 1.12 bits per heavy atom. The van der Waals surface area contributed by atoms with Crippen LogP contribution in [0.2, 0.25) is 0 Å². The smallest absolute Gasteiger partial charge is 0.258 e. The first-order chi connectivity index (χ1) is 11.2. The van der Waals surface area contributed by atoms with Crippen LogP contribution >= 0.6 is 12.4 Å². The monoisotopic (exact) mass is 355 g/mol. The van der Waals surface area contributed by atoms with E-state index in [0.29, 0.717) is 31.3 Å². The molecule has 1 aromatic carbocycles. The zero-order valence-corrected chi connectivity index (χ0v) is 14.8. The van der Waals surface area contributed by atoms with Gasteiger partial charge in [-0.3, -0.25) is 9.59 Å². The third-order valence-corrected chi connectivity index (χ3v) is 3.57. The lowest BCUT2D eigenvalue weighted by atomic mass is 10.1. The fraction of sp³-hybridized carbons (Fsp3) is 0.529. The van der Waals surface area contributed by atoms with Crippen molar-refractivity contribution in [3.05, 3.63) is 29.8 Å². The predicted molar refractivity (Wildman–Crippen MR) is 95.6 cm³/mol. The molecule has 0 heterocycles. The average molecular weight is 356 g/mol. The molecule has 1 aliphatic carbocycles. The SMILES string of the molecule is CNCCC(=O)NCCc1ccc(OCC(=O)NC2CC2)cc1.Cl. The van der Waals surface area contributed by atoms with Gasteiger partial charge in [0, 0.05) is 25.6 Å². The minimum absolute atomic E-state index is 0. The van der Waals surface area contributed by atoms with Crippen molar-refractivity contribution in [3.63, 3.8) is 0 Å². The summed E-state index contributed by atoms with van der Waals surface area (Å²) in [5.74, 6) is 0.666. The molecular formula is C17H26ClN3O3. The molecule has 0 unspecified atom stereocenters. The van der Waals surface area contributed by atoms with Crippen LogP contribution in [-0.4, -0.2) is 44.6 Å². The number of nitrogens with one attached hydrogen (secondary N) is 3. The molecule has 0 spiro atoms. The normalized spacial score (nSPS) is 12.9. The molecule has 0 aliphatic heterocycles. The van der Waals surface area contributed by atoms with Crippen LogP contribution in [0.15, 0.2) is 24.3 Å². The van der Waals surface area contributed by atoms with E-state index in [2.05, 4.69) is 16.0 Å². The van der Waals surface area contributed by atoms with E-state index in [-0.39, 0.29) is 30.8 Å². The number of hydrogen-bond acceptors (Lipinski definition) is 4. The van der Waals surface area contributed by atoms with Crippen LogP contribution in [0.3, 0.4) is 0 Å². The molecule has 6 nitrogen and oxygen atoms in total. The van der Waals surface area contributed by atoms with E-state index in [1.807, 2.05) is 31.3 Å². The Kier molecular flexibility index (Phi) is 9.19. The topological polar surface area (TPSA) is 79.5 Å². The first-order valence-corrected chi connectivity index (χ1v) is 8.10. The van der Waals surface area contributed by atoms with Gasteiger partial charge < -0.3 is 20.7 Å². The van der Waals surface area contributed by atoms with Gasteiger partial charge in [-0.25, -0.2) is 0 Å². The second kappa shape index (κ2) is 10.9. The molecule has 3 N–H and O–H groups in total. The lowest BCUT2D eigenvalue weighted by Gasteiger charge is -2.08. The Hall–Kier alpha value is -1.79. The van der Waals surface area contributed by atoms with E-state index < -0.39 is 0 Å². The molecule has 24 heavy (non-hydrogen) atoms. The van der Waals surface area contributed by atoms with Crippen molar-refractivity contribution >= 4 is 24.2 Å². The molecule has 1 saturated carbocycles. The van der Waals surface area contributed by atoms with Gasteiger partial charge in [-0.1, -0.05) is 12.1 Å². The highest BCUT2D eigenvalue weighted by Crippen LogP contribution is 2.18. The Labute approximate surface area is 149 Å². The van der Waals surface area contributed by atoms with Gasteiger partial charge in [0.25, 0.3) is 5.91 Å². The standard InChI is InChI=1S/C17H25N3O3.ClH/c1-18-10-9-16(21)19-11-8-13-2-6-15(7-3-13)23-12-17(22)20-14-4-5-14;/h2-3,6-7,14,18H,4-5,8-12H2,1H3,(H,19,21)(H,20,22);1H. The molecule has 7 heteroatoms. The summed E-state index contributed by atoms with van der Waals surface area (Å²) >= 11 is 0. The summed E-state index contributed by atoms with van der Waals surface area (Å²) in [4.78, 5) is 23.0. The number of amides is 2. The van der Waals surface area contributed by atoms with Crippen LogP contribution in [0, 0.1) is 0 Å². The van der Waals surface area contributed by atoms with Gasteiger partial charge in [0.1, 0.15) is 5.75 Å². The molecule has 2 rings (SSSR count). The minimum atomic E-state index is -0.0687. The maximum Gasteiger partial charge on any atom is 0.258 e. The number of ether oxygens (including phenoxy) is 1. The van der Waals surface area contributed by atoms with Gasteiger partial charge in [0.2, 0.25) is 5.91 Å². The number of benzene rings is 1. The highest BCUT2D eigenvalue weighted by atomic mass is 35.5. The van der Waals surface area contributed by atoms with Crippen molar-refractivity contribution in [2.75, 3.05) is 26.7 Å². The fourth-order valence-corrected chi connectivity index (χ4v) is 2.07. The van der Waals surface area contributed by atoms with E-state index in [9.17, 15) is 9.59 Å². The summed E-state index contributed by atoms with van der Waals surface area (Å²) in [5.41, 5.74) is 1.12. The molecule has 1 fully saturated rings. The number of halogens is 1. The van der Waals surface area contributed by atoms with Crippen LogP contribution < -0.4 is 20.7 Å². The van der Waals surface area contributed by atoms with Gasteiger partial charge in [-0.15, -0.1) is 12.4 Å². The van der Waals surface area contributed by atoms with Gasteiger partial charge in [-0.2, -0.15) is 0 Å². The molecule has 0 atom stereocenters. The van der Waals surface area contributed by atoms with Gasteiger partial charge >= 0.3 is 0 Å². The second-order valence-electron chi connectivity index (χ2n) is 5.73.